The van der Waals surface area contributed by atoms with Gasteiger partial charge in [-0.3, -0.25) is 9.69 Å². The average Bonchev–Trinajstić information content (AvgIpc) is 3.05. The molecule has 31 heavy (non-hydrogen) atoms. The summed E-state index contributed by atoms with van der Waals surface area (Å²) in [5.41, 5.74) is -2.15. The highest BCUT2D eigenvalue weighted by Gasteiger charge is 2.31. The van der Waals surface area contributed by atoms with Crippen molar-refractivity contribution in [3.8, 4) is 5.75 Å². The Kier molecular flexibility index (Phi) is 6.48. The molecule has 2 aromatic rings. The van der Waals surface area contributed by atoms with Crippen molar-refractivity contribution in [3.63, 3.8) is 0 Å². The maximum Gasteiger partial charge on any atom is 0.487 e. The fourth-order valence-corrected chi connectivity index (χ4v) is 3.87. The van der Waals surface area contributed by atoms with Crippen LogP contribution >= 0.6 is 27.5 Å². The van der Waals surface area contributed by atoms with Gasteiger partial charge in [-0.05, 0) is 85.1 Å². The predicted octanol–water partition coefficient (Wildman–Crippen LogP) is 6.17. The largest absolute Gasteiger partial charge is 0.487 e. The minimum atomic E-state index is -3.81. The summed E-state index contributed by atoms with van der Waals surface area (Å²) in [7, 11) is 0. The minimum absolute atomic E-state index is 0.138. The molecule has 0 saturated carbocycles. The number of hydrogen-bond donors (Lipinski definition) is 1. The van der Waals surface area contributed by atoms with E-state index >= 15 is 0 Å². The van der Waals surface area contributed by atoms with Crippen molar-refractivity contribution in [1.29, 1.82) is 0 Å². The van der Waals surface area contributed by atoms with Gasteiger partial charge < -0.3 is 14.8 Å². The summed E-state index contributed by atoms with van der Waals surface area (Å²) in [6.45, 7) is 5.83. The van der Waals surface area contributed by atoms with E-state index in [0.717, 1.165) is 5.56 Å². The lowest BCUT2D eigenvalue weighted by Crippen LogP contribution is -2.35. The van der Waals surface area contributed by atoms with Crippen LogP contribution in [-0.4, -0.2) is 29.7 Å². The van der Waals surface area contributed by atoms with E-state index in [-0.39, 0.29) is 5.75 Å². The molecule has 166 valence electrons. The Balaban J connectivity index is 1.74. The van der Waals surface area contributed by atoms with Crippen molar-refractivity contribution in [2.75, 3.05) is 16.8 Å². The van der Waals surface area contributed by atoms with Crippen molar-refractivity contribution in [3.05, 3.63) is 52.0 Å². The number of benzene rings is 2. The minimum Gasteiger partial charge on any atom is -0.443 e. The lowest BCUT2D eigenvalue weighted by Gasteiger charge is -2.25. The Bertz CT molecular complexity index is 1000. The van der Waals surface area contributed by atoms with Crippen molar-refractivity contribution >= 4 is 50.9 Å². The van der Waals surface area contributed by atoms with E-state index < -0.39 is 23.2 Å². The normalized spacial score (nSPS) is 13.6. The molecule has 0 spiro atoms. The molecule has 0 unspecified atom stereocenters. The van der Waals surface area contributed by atoms with E-state index in [2.05, 4.69) is 26.0 Å². The molecule has 2 aromatic carbocycles. The zero-order valence-corrected chi connectivity index (χ0v) is 19.3. The van der Waals surface area contributed by atoms with Gasteiger partial charge in [-0.1, -0.05) is 0 Å². The van der Waals surface area contributed by atoms with Crippen LogP contribution in [0.2, 0.25) is 0 Å². The quantitative estimate of drug-likeness (QED) is 0.493. The summed E-state index contributed by atoms with van der Waals surface area (Å²) in [6, 6.07) is 8.70. The van der Waals surface area contributed by atoms with Gasteiger partial charge in [0, 0.05) is 33.9 Å². The van der Waals surface area contributed by atoms with Crippen molar-refractivity contribution in [1.82, 2.24) is 0 Å². The van der Waals surface area contributed by atoms with Crippen molar-refractivity contribution in [2.45, 2.75) is 38.4 Å². The maximum atomic E-state index is 12.7. The predicted molar refractivity (Wildman–Crippen MR) is 117 cm³/mol. The van der Waals surface area contributed by atoms with Crippen molar-refractivity contribution in [2.24, 2.45) is 0 Å². The summed E-state index contributed by atoms with van der Waals surface area (Å²) in [5, 5.41) is 2.69. The first-order valence-electron chi connectivity index (χ1n) is 9.32. The van der Waals surface area contributed by atoms with Crippen LogP contribution in [0, 0.1) is 0 Å². The SMILES string of the molecule is CC(C)(C)OC(=O)N1CCc2cc(C(=O)Nc3ccc(OC(F)(F)Cl)cc3)cc(Br)c21. The van der Waals surface area contributed by atoms with Gasteiger partial charge in [0.05, 0.1) is 5.69 Å². The molecule has 0 aliphatic carbocycles. The van der Waals surface area contributed by atoms with Gasteiger partial charge in [0.2, 0.25) is 0 Å². The Labute approximate surface area is 191 Å². The van der Waals surface area contributed by atoms with Crippen LogP contribution in [0.1, 0.15) is 36.7 Å². The molecule has 2 amide bonds. The molecule has 0 atom stereocenters. The van der Waals surface area contributed by atoms with Crippen LogP contribution in [-0.2, 0) is 11.2 Å². The number of fused-ring (bicyclic) bond motifs is 1. The number of anilines is 2. The maximum absolute atomic E-state index is 12.7. The van der Waals surface area contributed by atoms with E-state index in [1.54, 1.807) is 32.9 Å². The number of carbonyl (C=O) groups excluding carboxylic acids is 2. The Morgan fingerprint density at radius 2 is 1.81 bits per heavy atom. The molecule has 0 aromatic heterocycles. The number of alkyl halides is 3. The Morgan fingerprint density at radius 3 is 2.39 bits per heavy atom. The molecule has 0 saturated heterocycles. The highest BCUT2D eigenvalue weighted by atomic mass is 79.9. The molecule has 10 heteroatoms. The zero-order chi connectivity index (χ0) is 23.0. The van der Waals surface area contributed by atoms with E-state index in [4.69, 9.17) is 16.3 Å². The van der Waals surface area contributed by atoms with Crippen LogP contribution in [0.25, 0.3) is 0 Å². The second kappa shape index (κ2) is 8.63. The number of hydrogen-bond acceptors (Lipinski definition) is 4. The standard InChI is InChI=1S/C21H20BrClF2N2O4/c1-20(2,3)31-19(29)27-9-8-12-10-13(11-16(22)17(12)27)18(28)26-14-4-6-15(7-5-14)30-21(23,24)25/h4-7,10-11H,8-9H2,1-3H3,(H,26,28). The molecular formula is C21H20BrClF2N2O4. The van der Waals surface area contributed by atoms with Gasteiger partial charge in [-0.15, -0.1) is 8.78 Å². The molecule has 1 aliphatic heterocycles. The Morgan fingerprint density at radius 1 is 1.16 bits per heavy atom. The fraction of sp³-hybridized carbons (Fsp3) is 0.333. The monoisotopic (exact) mass is 516 g/mol. The number of rotatable bonds is 4. The molecule has 0 bridgehead atoms. The number of ether oxygens (including phenoxy) is 2. The van der Waals surface area contributed by atoms with E-state index in [1.165, 1.54) is 29.2 Å². The van der Waals surface area contributed by atoms with E-state index in [0.29, 0.717) is 34.4 Å². The smallest absolute Gasteiger partial charge is 0.443 e. The van der Waals surface area contributed by atoms with Crippen LogP contribution in [0.15, 0.2) is 40.9 Å². The third kappa shape index (κ3) is 6.07. The van der Waals surface area contributed by atoms with Gasteiger partial charge in [0.15, 0.2) is 0 Å². The highest BCUT2D eigenvalue weighted by molar-refractivity contribution is 9.10. The molecule has 3 rings (SSSR count). The molecule has 0 radical (unpaired) electrons. The molecule has 1 aliphatic rings. The molecule has 1 N–H and O–H groups in total. The van der Waals surface area contributed by atoms with Crippen LogP contribution in [0.4, 0.5) is 25.0 Å². The topological polar surface area (TPSA) is 67.9 Å². The zero-order valence-electron chi connectivity index (χ0n) is 17.0. The van der Waals surface area contributed by atoms with E-state index in [1.807, 2.05) is 0 Å². The molecule has 0 fully saturated rings. The van der Waals surface area contributed by atoms with Crippen LogP contribution < -0.4 is 15.0 Å². The third-order valence-electron chi connectivity index (χ3n) is 4.24. The first-order chi connectivity index (χ1) is 14.3. The molecular weight excluding hydrogens is 498 g/mol. The number of halogens is 4. The van der Waals surface area contributed by atoms with Gasteiger partial charge in [-0.25, -0.2) is 4.79 Å². The van der Waals surface area contributed by atoms with Gasteiger partial charge >= 0.3 is 11.7 Å². The van der Waals surface area contributed by atoms with E-state index in [9.17, 15) is 18.4 Å². The van der Waals surface area contributed by atoms with Gasteiger partial charge in [0.1, 0.15) is 11.4 Å². The Hall–Kier alpha value is -2.39. The first-order valence-corrected chi connectivity index (χ1v) is 10.5. The highest BCUT2D eigenvalue weighted by Crippen LogP contribution is 2.37. The average molecular weight is 518 g/mol. The summed E-state index contributed by atoms with van der Waals surface area (Å²) in [5.74, 6) is -0.531. The number of carbonyl (C=O) groups is 2. The second-order valence-electron chi connectivity index (χ2n) is 7.87. The first kappa shape index (κ1) is 23.3. The van der Waals surface area contributed by atoms with Crippen LogP contribution in [0.3, 0.4) is 0 Å². The van der Waals surface area contributed by atoms with Gasteiger partial charge in [-0.2, -0.15) is 0 Å². The molecule has 6 nitrogen and oxygen atoms in total. The second-order valence-corrected chi connectivity index (χ2v) is 9.17. The summed E-state index contributed by atoms with van der Waals surface area (Å²) in [6.07, 6.45) is 0.126. The lowest BCUT2D eigenvalue weighted by atomic mass is 10.1. The summed E-state index contributed by atoms with van der Waals surface area (Å²) < 4.78 is 35.6. The number of nitrogens with zero attached hydrogens (tertiary/aromatic N) is 1. The lowest BCUT2D eigenvalue weighted by molar-refractivity contribution is -0.0964. The summed E-state index contributed by atoms with van der Waals surface area (Å²) in [4.78, 5) is 26.7. The summed E-state index contributed by atoms with van der Waals surface area (Å²) >= 11 is 8.18. The molecule has 1 heterocycles. The third-order valence-corrected chi connectivity index (χ3v) is 4.92. The number of nitrogens with one attached hydrogen (secondary N) is 1. The number of amides is 2. The van der Waals surface area contributed by atoms with Crippen molar-refractivity contribution < 1.29 is 27.8 Å². The van der Waals surface area contributed by atoms with Crippen LogP contribution in [0.5, 0.6) is 5.75 Å². The van der Waals surface area contributed by atoms with Gasteiger partial charge in [0.25, 0.3) is 5.91 Å². The fourth-order valence-electron chi connectivity index (χ4n) is 3.07.